The third-order valence-electron chi connectivity index (χ3n) is 2.47. The standard InChI is InChI=1S/C11H13N3O2S/c1-14(11(12)16)5-7-2-3-9-8(4-7)13-10(15)6-17-9/h2-4H,5-6H2,1H3,(H2,12,16)(H,13,15). The van der Waals surface area contributed by atoms with Crippen LogP contribution in [0.25, 0.3) is 0 Å². The second kappa shape index (κ2) is 4.67. The number of primary amides is 1. The second-order valence-corrected chi connectivity index (χ2v) is 4.88. The quantitative estimate of drug-likeness (QED) is 0.830. The molecule has 0 aromatic heterocycles. The molecule has 3 N–H and O–H groups in total. The number of anilines is 1. The average molecular weight is 251 g/mol. The van der Waals surface area contributed by atoms with Gasteiger partial charge in [-0.3, -0.25) is 4.79 Å². The number of nitrogens with one attached hydrogen (secondary N) is 1. The summed E-state index contributed by atoms with van der Waals surface area (Å²) < 4.78 is 0. The number of urea groups is 1. The first-order valence-electron chi connectivity index (χ1n) is 5.12. The van der Waals surface area contributed by atoms with Gasteiger partial charge in [-0.15, -0.1) is 11.8 Å². The van der Waals surface area contributed by atoms with Crippen molar-refractivity contribution in [3.8, 4) is 0 Å². The van der Waals surface area contributed by atoms with E-state index < -0.39 is 6.03 Å². The molecule has 1 heterocycles. The molecule has 1 aromatic rings. The van der Waals surface area contributed by atoms with Gasteiger partial charge >= 0.3 is 6.03 Å². The molecular weight excluding hydrogens is 238 g/mol. The molecule has 0 saturated carbocycles. The lowest BCUT2D eigenvalue weighted by atomic mass is 10.2. The summed E-state index contributed by atoms with van der Waals surface area (Å²) in [7, 11) is 1.63. The van der Waals surface area contributed by atoms with Gasteiger partial charge in [0.1, 0.15) is 0 Å². The number of nitrogens with zero attached hydrogens (tertiary/aromatic N) is 1. The second-order valence-electron chi connectivity index (χ2n) is 3.86. The van der Waals surface area contributed by atoms with E-state index in [1.807, 2.05) is 18.2 Å². The zero-order chi connectivity index (χ0) is 12.4. The monoisotopic (exact) mass is 251 g/mol. The van der Waals surface area contributed by atoms with E-state index in [-0.39, 0.29) is 5.91 Å². The highest BCUT2D eigenvalue weighted by Gasteiger charge is 2.15. The van der Waals surface area contributed by atoms with Crippen molar-refractivity contribution in [2.45, 2.75) is 11.4 Å². The predicted molar refractivity (Wildman–Crippen MR) is 66.8 cm³/mol. The van der Waals surface area contributed by atoms with Gasteiger partial charge in [0.25, 0.3) is 0 Å². The zero-order valence-corrected chi connectivity index (χ0v) is 10.2. The minimum Gasteiger partial charge on any atom is -0.351 e. The van der Waals surface area contributed by atoms with Crippen molar-refractivity contribution >= 4 is 29.4 Å². The molecular formula is C11H13N3O2S. The minimum atomic E-state index is -0.471. The minimum absolute atomic E-state index is 0.00269. The third-order valence-corrected chi connectivity index (χ3v) is 3.55. The number of carbonyl (C=O) groups is 2. The Kier molecular flexibility index (Phi) is 3.23. The molecule has 0 saturated heterocycles. The summed E-state index contributed by atoms with van der Waals surface area (Å²) in [6.45, 7) is 0.434. The van der Waals surface area contributed by atoms with Gasteiger partial charge in [-0.25, -0.2) is 4.79 Å². The highest BCUT2D eigenvalue weighted by atomic mass is 32.2. The first kappa shape index (κ1) is 11.8. The summed E-state index contributed by atoms with van der Waals surface area (Å²) in [5.41, 5.74) is 6.90. The van der Waals surface area contributed by atoms with Crippen LogP contribution in [0.1, 0.15) is 5.56 Å². The van der Waals surface area contributed by atoms with Crippen LogP contribution >= 0.6 is 11.8 Å². The van der Waals surface area contributed by atoms with Crippen LogP contribution < -0.4 is 11.1 Å². The number of rotatable bonds is 2. The Hall–Kier alpha value is -1.69. The topological polar surface area (TPSA) is 75.4 Å². The van der Waals surface area contributed by atoms with Crippen molar-refractivity contribution in [2.24, 2.45) is 5.73 Å². The van der Waals surface area contributed by atoms with Crippen molar-refractivity contribution in [1.29, 1.82) is 0 Å². The van der Waals surface area contributed by atoms with Gasteiger partial charge in [0, 0.05) is 18.5 Å². The van der Waals surface area contributed by atoms with Crippen LogP contribution in [0.3, 0.4) is 0 Å². The Bertz CT molecular complexity index is 476. The zero-order valence-electron chi connectivity index (χ0n) is 9.40. The summed E-state index contributed by atoms with van der Waals surface area (Å²) in [6.07, 6.45) is 0. The van der Waals surface area contributed by atoms with E-state index in [0.29, 0.717) is 12.3 Å². The van der Waals surface area contributed by atoms with Crippen LogP contribution in [0.15, 0.2) is 23.1 Å². The van der Waals surface area contributed by atoms with E-state index in [2.05, 4.69) is 5.32 Å². The van der Waals surface area contributed by atoms with Crippen molar-refractivity contribution in [2.75, 3.05) is 18.1 Å². The summed E-state index contributed by atoms with van der Waals surface area (Å²) in [4.78, 5) is 24.6. The number of carbonyl (C=O) groups excluding carboxylic acids is 2. The van der Waals surface area contributed by atoms with Crippen molar-refractivity contribution in [3.63, 3.8) is 0 Å². The first-order chi connectivity index (χ1) is 8.06. The molecule has 0 unspecified atom stereocenters. The Labute approximate surface area is 103 Å². The van der Waals surface area contributed by atoms with E-state index in [0.717, 1.165) is 16.1 Å². The third kappa shape index (κ3) is 2.71. The van der Waals surface area contributed by atoms with E-state index in [9.17, 15) is 9.59 Å². The molecule has 0 aliphatic carbocycles. The van der Waals surface area contributed by atoms with Gasteiger partial charge in [0.2, 0.25) is 5.91 Å². The molecule has 3 amide bonds. The molecule has 1 aromatic carbocycles. The van der Waals surface area contributed by atoms with Gasteiger partial charge < -0.3 is 16.0 Å². The smallest absolute Gasteiger partial charge is 0.314 e. The molecule has 6 heteroatoms. The van der Waals surface area contributed by atoms with E-state index in [1.54, 1.807) is 7.05 Å². The van der Waals surface area contributed by atoms with Crippen molar-refractivity contribution < 1.29 is 9.59 Å². The molecule has 1 aliphatic heterocycles. The van der Waals surface area contributed by atoms with E-state index in [4.69, 9.17) is 5.73 Å². The van der Waals surface area contributed by atoms with Crippen LogP contribution in [-0.4, -0.2) is 29.6 Å². The fourth-order valence-corrected chi connectivity index (χ4v) is 2.37. The number of hydrogen-bond acceptors (Lipinski definition) is 3. The molecule has 1 aliphatic rings. The number of fused-ring (bicyclic) bond motifs is 1. The molecule has 90 valence electrons. The van der Waals surface area contributed by atoms with Crippen LogP contribution in [-0.2, 0) is 11.3 Å². The largest absolute Gasteiger partial charge is 0.351 e. The van der Waals surface area contributed by atoms with Crippen LogP contribution in [0.5, 0.6) is 0 Å². The number of nitrogens with two attached hydrogens (primary N) is 1. The predicted octanol–water partition coefficient (Wildman–Crippen LogP) is 1.24. The lowest BCUT2D eigenvalue weighted by Gasteiger charge is -2.19. The van der Waals surface area contributed by atoms with Gasteiger partial charge in [0.05, 0.1) is 11.4 Å². The van der Waals surface area contributed by atoms with Crippen molar-refractivity contribution in [1.82, 2.24) is 4.90 Å². The highest BCUT2D eigenvalue weighted by molar-refractivity contribution is 8.00. The fraction of sp³-hybridized carbons (Fsp3) is 0.273. The first-order valence-corrected chi connectivity index (χ1v) is 6.11. The summed E-state index contributed by atoms with van der Waals surface area (Å²) in [5, 5.41) is 2.81. The maximum Gasteiger partial charge on any atom is 0.314 e. The SMILES string of the molecule is CN(Cc1ccc2c(c1)NC(=O)CS2)C(N)=O. The maximum atomic E-state index is 11.3. The van der Waals surface area contributed by atoms with Gasteiger partial charge in [0.15, 0.2) is 0 Å². The molecule has 5 nitrogen and oxygen atoms in total. The summed E-state index contributed by atoms with van der Waals surface area (Å²) in [6, 6.07) is 5.28. The number of amides is 3. The van der Waals surface area contributed by atoms with Crippen molar-refractivity contribution in [3.05, 3.63) is 23.8 Å². The normalized spacial score (nSPS) is 13.8. The average Bonchev–Trinajstić information content (AvgIpc) is 2.28. The molecule has 0 bridgehead atoms. The molecule has 17 heavy (non-hydrogen) atoms. The number of benzene rings is 1. The lowest BCUT2D eigenvalue weighted by molar-refractivity contribution is -0.113. The number of hydrogen-bond donors (Lipinski definition) is 2. The molecule has 0 spiro atoms. The van der Waals surface area contributed by atoms with Gasteiger partial charge in [-0.1, -0.05) is 6.07 Å². The maximum absolute atomic E-state index is 11.3. The molecule has 0 radical (unpaired) electrons. The summed E-state index contributed by atoms with van der Waals surface area (Å²) >= 11 is 1.51. The highest BCUT2D eigenvalue weighted by Crippen LogP contribution is 2.32. The Morgan fingerprint density at radius 2 is 2.35 bits per heavy atom. The Balaban J connectivity index is 2.18. The molecule has 0 atom stereocenters. The molecule has 2 rings (SSSR count). The molecule has 0 fully saturated rings. The van der Waals surface area contributed by atoms with Gasteiger partial charge in [-0.2, -0.15) is 0 Å². The Morgan fingerprint density at radius 3 is 3.06 bits per heavy atom. The van der Waals surface area contributed by atoms with E-state index >= 15 is 0 Å². The van der Waals surface area contributed by atoms with Gasteiger partial charge in [-0.05, 0) is 17.7 Å². The summed E-state index contributed by atoms with van der Waals surface area (Å²) in [5.74, 6) is 0.455. The van der Waals surface area contributed by atoms with Crippen LogP contribution in [0, 0.1) is 0 Å². The Morgan fingerprint density at radius 1 is 1.59 bits per heavy atom. The number of thioether (sulfide) groups is 1. The van der Waals surface area contributed by atoms with Crippen LogP contribution in [0.2, 0.25) is 0 Å². The fourth-order valence-electron chi connectivity index (χ4n) is 1.58. The van der Waals surface area contributed by atoms with Crippen LogP contribution in [0.4, 0.5) is 10.5 Å². The van der Waals surface area contributed by atoms with E-state index in [1.165, 1.54) is 16.7 Å². The lowest BCUT2D eigenvalue weighted by Crippen LogP contribution is -2.31.